The van der Waals surface area contributed by atoms with Crippen molar-refractivity contribution in [2.75, 3.05) is 13.2 Å². The van der Waals surface area contributed by atoms with Crippen LogP contribution in [0.15, 0.2) is 4.99 Å². The molecular formula is C10H18N2O3S. The third kappa shape index (κ3) is 2.12. The zero-order chi connectivity index (χ0) is 11.7. The summed E-state index contributed by atoms with van der Waals surface area (Å²) in [6.07, 6.45) is -0.308. The van der Waals surface area contributed by atoms with Gasteiger partial charge in [0.1, 0.15) is 6.10 Å². The van der Waals surface area contributed by atoms with Crippen LogP contribution in [0.4, 0.5) is 0 Å². The van der Waals surface area contributed by atoms with Crippen LogP contribution >= 0.6 is 11.8 Å². The molecule has 92 valence electrons. The van der Waals surface area contributed by atoms with E-state index in [0.717, 1.165) is 11.5 Å². The fraction of sp³-hybridized carbons (Fsp3) is 0.900. The summed E-state index contributed by atoms with van der Waals surface area (Å²) in [5.74, 6) is -0.240. The first-order chi connectivity index (χ1) is 7.67. The van der Waals surface area contributed by atoms with Gasteiger partial charge < -0.3 is 21.1 Å². The monoisotopic (exact) mass is 246 g/mol. The first-order valence-electron chi connectivity index (χ1n) is 5.57. The molecule has 5 atom stereocenters. The molecule has 0 aromatic heterocycles. The summed E-state index contributed by atoms with van der Waals surface area (Å²) >= 11 is 1.63. The molecule has 5 N–H and O–H groups in total. The average Bonchev–Trinajstić information content (AvgIpc) is 2.67. The molecule has 0 spiro atoms. The molecule has 1 heterocycles. The highest BCUT2D eigenvalue weighted by Gasteiger charge is 2.46. The molecule has 0 amide bonds. The lowest BCUT2D eigenvalue weighted by Gasteiger charge is -2.37. The van der Waals surface area contributed by atoms with E-state index >= 15 is 0 Å². The molecule has 0 radical (unpaired) electrons. The maximum atomic E-state index is 9.92. The second kappa shape index (κ2) is 5.01. The van der Waals surface area contributed by atoms with Crippen LogP contribution in [0.2, 0.25) is 0 Å². The molecule has 1 fully saturated rings. The highest BCUT2D eigenvalue weighted by atomic mass is 32.2. The van der Waals surface area contributed by atoms with Gasteiger partial charge >= 0.3 is 0 Å². The van der Waals surface area contributed by atoms with Gasteiger partial charge in [0.25, 0.3) is 0 Å². The van der Waals surface area contributed by atoms with E-state index in [4.69, 9.17) is 10.8 Å². The van der Waals surface area contributed by atoms with Crippen LogP contribution in [0.25, 0.3) is 0 Å². The van der Waals surface area contributed by atoms with Crippen LogP contribution in [0.3, 0.4) is 0 Å². The van der Waals surface area contributed by atoms with E-state index in [1.165, 1.54) is 0 Å². The highest BCUT2D eigenvalue weighted by Crippen LogP contribution is 2.40. The summed E-state index contributed by atoms with van der Waals surface area (Å²) < 4.78 is 0. The minimum Gasteiger partial charge on any atom is -0.396 e. The van der Waals surface area contributed by atoms with E-state index in [0.29, 0.717) is 13.0 Å². The Morgan fingerprint density at radius 3 is 2.75 bits per heavy atom. The van der Waals surface area contributed by atoms with E-state index in [2.05, 4.69) is 4.99 Å². The Kier molecular flexibility index (Phi) is 3.86. The fourth-order valence-electron chi connectivity index (χ4n) is 2.36. The highest BCUT2D eigenvalue weighted by molar-refractivity contribution is 8.14. The Balaban J connectivity index is 2.08. The predicted octanol–water partition coefficient (Wildman–Crippen LogP) is -1.05. The second-order valence-electron chi connectivity index (χ2n) is 4.37. The summed E-state index contributed by atoms with van der Waals surface area (Å²) in [7, 11) is 0. The summed E-state index contributed by atoms with van der Waals surface area (Å²) in [6, 6.07) is -0.232. The molecule has 0 aromatic carbocycles. The lowest BCUT2D eigenvalue weighted by molar-refractivity contribution is -0.0646. The Labute approximate surface area is 98.8 Å². The van der Waals surface area contributed by atoms with Crippen molar-refractivity contribution < 1.29 is 15.3 Å². The van der Waals surface area contributed by atoms with E-state index in [1.54, 1.807) is 11.8 Å². The Morgan fingerprint density at radius 1 is 1.38 bits per heavy atom. The van der Waals surface area contributed by atoms with Crippen molar-refractivity contribution in [2.24, 2.45) is 16.6 Å². The maximum Gasteiger partial charge on any atom is 0.104 e. The topological polar surface area (TPSA) is 99.1 Å². The van der Waals surface area contributed by atoms with Gasteiger partial charge in [-0.2, -0.15) is 0 Å². The zero-order valence-electron chi connectivity index (χ0n) is 8.99. The number of hydrogen-bond donors (Lipinski definition) is 4. The van der Waals surface area contributed by atoms with Crippen molar-refractivity contribution in [3.8, 4) is 0 Å². The van der Waals surface area contributed by atoms with Gasteiger partial charge in [0.15, 0.2) is 0 Å². The Morgan fingerprint density at radius 2 is 2.12 bits per heavy atom. The lowest BCUT2D eigenvalue weighted by atomic mass is 9.81. The minimum atomic E-state index is -0.868. The summed E-state index contributed by atoms with van der Waals surface area (Å²) in [5, 5.41) is 30.0. The quantitative estimate of drug-likeness (QED) is 0.509. The van der Waals surface area contributed by atoms with Crippen molar-refractivity contribution in [3.63, 3.8) is 0 Å². The van der Waals surface area contributed by atoms with Gasteiger partial charge in [0, 0.05) is 24.2 Å². The second-order valence-corrected chi connectivity index (χ2v) is 5.68. The number of aliphatic hydroxyl groups excluding tert-OH is 3. The lowest BCUT2D eigenvalue weighted by Crippen LogP contribution is -2.51. The zero-order valence-corrected chi connectivity index (χ0v) is 9.81. The van der Waals surface area contributed by atoms with Crippen LogP contribution in [-0.2, 0) is 0 Å². The molecule has 2 rings (SSSR count). The standard InChI is InChI=1S/C10H18N2O3S/c11-2-1-7-12-8-6(16-7)3-5(4-13)9(14)10(8)15/h5-6,8-10,13-15H,1-4,11H2/t5-,6-,8-,9-,10-/m1/s1. The van der Waals surface area contributed by atoms with E-state index < -0.39 is 12.2 Å². The number of fused-ring (bicyclic) bond motifs is 1. The molecule has 1 aliphatic heterocycles. The largest absolute Gasteiger partial charge is 0.396 e. The maximum absolute atomic E-state index is 9.92. The number of thioether (sulfide) groups is 1. The van der Waals surface area contributed by atoms with Crippen molar-refractivity contribution in [2.45, 2.75) is 36.3 Å². The third-order valence-corrected chi connectivity index (χ3v) is 4.63. The predicted molar refractivity (Wildman–Crippen MR) is 63.5 cm³/mol. The van der Waals surface area contributed by atoms with Crippen molar-refractivity contribution in [1.29, 1.82) is 0 Å². The normalized spacial score (nSPS) is 43.0. The number of hydrogen-bond acceptors (Lipinski definition) is 6. The van der Waals surface area contributed by atoms with Crippen LogP contribution in [0.1, 0.15) is 12.8 Å². The van der Waals surface area contributed by atoms with E-state index in [-0.39, 0.29) is 23.8 Å². The minimum absolute atomic E-state index is 0.0891. The summed E-state index contributed by atoms with van der Waals surface area (Å²) in [4.78, 5) is 4.41. The van der Waals surface area contributed by atoms with Crippen molar-refractivity contribution in [1.82, 2.24) is 0 Å². The molecule has 5 nitrogen and oxygen atoms in total. The van der Waals surface area contributed by atoms with Gasteiger partial charge in [-0.25, -0.2) is 0 Å². The number of aliphatic imine (C=N–C) groups is 1. The first-order valence-corrected chi connectivity index (χ1v) is 6.45. The molecule has 1 saturated carbocycles. The summed E-state index contributed by atoms with van der Waals surface area (Å²) in [6.45, 7) is 0.460. The van der Waals surface area contributed by atoms with Gasteiger partial charge in [-0.3, -0.25) is 4.99 Å². The smallest absolute Gasteiger partial charge is 0.104 e. The van der Waals surface area contributed by atoms with Gasteiger partial charge in [-0.15, -0.1) is 11.8 Å². The third-order valence-electron chi connectivity index (χ3n) is 3.27. The molecule has 0 saturated heterocycles. The molecule has 0 aromatic rings. The Bertz CT molecular complexity index is 287. The molecule has 0 unspecified atom stereocenters. The molecule has 0 bridgehead atoms. The van der Waals surface area contributed by atoms with E-state index in [9.17, 15) is 10.2 Å². The van der Waals surface area contributed by atoms with Crippen LogP contribution in [0, 0.1) is 5.92 Å². The SMILES string of the molecule is NCCC1=N[C@H]2[C@@H](O)[C@H](O)[C@@H](CO)C[C@H]2S1. The molecule has 16 heavy (non-hydrogen) atoms. The molecule has 2 aliphatic rings. The van der Waals surface area contributed by atoms with Crippen molar-refractivity contribution in [3.05, 3.63) is 0 Å². The fourth-order valence-corrected chi connectivity index (χ4v) is 3.83. The van der Waals surface area contributed by atoms with Crippen molar-refractivity contribution >= 4 is 16.8 Å². The number of nitrogens with two attached hydrogens (primary N) is 1. The summed E-state index contributed by atoms with van der Waals surface area (Å²) in [5.41, 5.74) is 5.47. The van der Waals surface area contributed by atoms with E-state index in [1.807, 2.05) is 0 Å². The first kappa shape index (κ1) is 12.3. The number of nitrogens with zero attached hydrogens (tertiary/aromatic N) is 1. The van der Waals surface area contributed by atoms with Crippen LogP contribution in [0.5, 0.6) is 0 Å². The van der Waals surface area contributed by atoms with Gasteiger partial charge in [-0.1, -0.05) is 0 Å². The Hall–Kier alpha value is -0.140. The van der Waals surface area contributed by atoms with Gasteiger partial charge in [0.2, 0.25) is 0 Å². The van der Waals surface area contributed by atoms with Gasteiger partial charge in [-0.05, 0) is 13.0 Å². The van der Waals surface area contributed by atoms with Crippen LogP contribution < -0.4 is 5.73 Å². The number of rotatable bonds is 3. The molecule has 1 aliphatic carbocycles. The molecular weight excluding hydrogens is 228 g/mol. The average molecular weight is 246 g/mol. The number of aliphatic hydroxyl groups is 3. The van der Waals surface area contributed by atoms with Crippen LogP contribution in [-0.4, -0.2) is 57.0 Å². The molecule has 6 heteroatoms. The van der Waals surface area contributed by atoms with Gasteiger partial charge in [0.05, 0.1) is 17.2 Å².